The van der Waals surface area contributed by atoms with Gasteiger partial charge in [-0.3, -0.25) is 0 Å². The predicted molar refractivity (Wildman–Crippen MR) is 105 cm³/mol. The van der Waals surface area contributed by atoms with Crippen molar-refractivity contribution >= 4 is 56.5 Å². The van der Waals surface area contributed by atoms with Crippen LogP contribution in [0.3, 0.4) is 0 Å². The van der Waals surface area contributed by atoms with Crippen LogP contribution < -0.4 is 5.32 Å². The molecule has 10 heteroatoms. The Morgan fingerprint density at radius 2 is 1.89 bits per heavy atom. The summed E-state index contributed by atoms with van der Waals surface area (Å²) in [5, 5.41) is 3.44. The van der Waals surface area contributed by atoms with Gasteiger partial charge in [0.15, 0.2) is 6.17 Å². The van der Waals surface area contributed by atoms with Crippen LogP contribution in [0.5, 0.6) is 0 Å². The molecule has 0 amide bonds. The molecular formula is C17H15Cl3N2O4S. The summed E-state index contributed by atoms with van der Waals surface area (Å²) in [6.07, 6.45) is -1.28. The van der Waals surface area contributed by atoms with Gasteiger partial charge in [-0.25, -0.2) is 13.2 Å². The summed E-state index contributed by atoms with van der Waals surface area (Å²) in [6, 6.07) is 9.51. The van der Waals surface area contributed by atoms with Crippen molar-refractivity contribution in [1.29, 1.82) is 0 Å². The molecule has 0 fully saturated rings. The topological polar surface area (TPSA) is 75.7 Å². The predicted octanol–water partition coefficient (Wildman–Crippen LogP) is 4.15. The smallest absolute Gasteiger partial charge is 0.345 e. The van der Waals surface area contributed by atoms with Crippen LogP contribution in [0.2, 0.25) is 15.1 Å². The zero-order chi connectivity index (χ0) is 19.8. The van der Waals surface area contributed by atoms with Crippen molar-refractivity contribution in [2.24, 2.45) is 0 Å². The van der Waals surface area contributed by atoms with E-state index in [4.69, 9.17) is 39.5 Å². The van der Waals surface area contributed by atoms with Gasteiger partial charge in [-0.05, 0) is 30.7 Å². The van der Waals surface area contributed by atoms with Crippen molar-refractivity contribution in [3.05, 3.63) is 57.0 Å². The molecule has 1 aliphatic rings. The molecule has 0 radical (unpaired) electrons. The third-order valence-corrected chi connectivity index (χ3v) is 6.86. The number of benzene rings is 2. The first-order valence-electron chi connectivity index (χ1n) is 7.93. The van der Waals surface area contributed by atoms with Crippen LogP contribution in [0, 0.1) is 0 Å². The highest BCUT2D eigenvalue weighted by Gasteiger charge is 2.44. The van der Waals surface area contributed by atoms with Gasteiger partial charge in [-0.1, -0.05) is 53.0 Å². The largest absolute Gasteiger partial charge is 0.463 e. The number of hydrogen-bond donors (Lipinski definition) is 1. The number of anilines is 1. The zero-order valence-corrected chi connectivity index (χ0v) is 17.2. The van der Waals surface area contributed by atoms with E-state index in [-0.39, 0.29) is 33.8 Å². The molecule has 1 unspecified atom stereocenters. The normalized spacial score (nSPS) is 18.4. The molecule has 1 heterocycles. The molecule has 2 aromatic carbocycles. The van der Waals surface area contributed by atoms with Gasteiger partial charge in [0, 0.05) is 16.6 Å². The van der Waals surface area contributed by atoms with Crippen LogP contribution in [0.4, 0.5) is 5.69 Å². The van der Waals surface area contributed by atoms with Crippen LogP contribution in [-0.2, 0) is 26.1 Å². The third kappa shape index (κ3) is 3.88. The van der Waals surface area contributed by atoms with Crippen molar-refractivity contribution in [2.75, 3.05) is 11.9 Å². The van der Waals surface area contributed by atoms with Crippen molar-refractivity contribution < 1.29 is 17.9 Å². The van der Waals surface area contributed by atoms with Crippen LogP contribution in [0.15, 0.2) is 41.3 Å². The van der Waals surface area contributed by atoms with Crippen LogP contribution in [0.1, 0.15) is 12.5 Å². The lowest BCUT2D eigenvalue weighted by atomic mass is 10.2. The lowest BCUT2D eigenvalue weighted by Gasteiger charge is -2.36. The van der Waals surface area contributed by atoms with E-state index >= 15 is 0 Å². The Hall–Kier alpha value is -1.51. The molecule has 0 saturated carbocycles. The fourth-order valence-corrected chi connectivity index (χ4v) is 5.42. The summed E-state index contributed by atoms with van der Waals surface area (Å²) in [7, 11) is -4.14. The second-order valence-corrected chi connectivity index (χ2v) is 8.78. The van der Waals surface area contributed by atoms with Gasteiger partial charge in [-0.15, -0.1) is 0 Å². The molecule has 0 bridgehead atoms. The van der Waals surface area contributed by atoms with E-state index in [1.165, 1.54) is 12.1 Å². The van der Waals surface area contributed by atoms with Crippen molar-refractivity contribution in [3.63, 3.8) is 0 Å². The standard InChI is InChI=1S/C17H15Cl3N2O4S/c1-2-26-17(23)16-21-14-8-11(18)7-13(20)15(14)27(24,25)22(16)9-10-5-3-4-6-12(10)19/h3-8,16,21H,2,9H2,1H3. The molecular weight excluding hydrogens is 435 g/mol. The lowest BCUT2D eigenvalue weighted by molar-refractivity contribution is -0.146. The summed E-state index contributed by atoms with van der Waals surface area (Å²) in [4.78, 5) is 12.3. The highest BCUT2D eigenvalue weighted by Crippen LogP contribution is 2.40. The third-order valence-electron chi connectivity index (χ3n) is 3.95. The van der Waals surface area contributed by atoms with Gasteiger partial charge in [0.25, 0.3) is 0 Å². The van der Waals surface area contributed by atoms with Crippen LogP contribution >= 0.6 is 34.8 Å². The Balaban J connectivity index is 2.14. The van der Waals surface area contributed by atoms with Gasteiger partial charge >= 0.3 is 5.97 Å². The Bertz CT molecular complexity index is 998. The lowest BCUT2D eigenvalue weighted by Crippen LogP contribution is -2.53. The number of rotatable bonds is 4. The van der Waals surface area contributed by atoms with E-state index in [1.807, 2.05) is 0 Å². The van der Waals surface area contributed by atoms with Crippen molar-refractivity contribution in [3.8, 4) is 0 Å². The first kappa shape index (κ1) is 20.2. The number of carbonyl (C=O) groups excluding carboxylic acids is 1. The monoisotopic (exact) mass is 448 g/mol. The summed E-state index contributed by atoms with van der Waals surface area (Å²) in [6.45, 7) is 1.59. The first-order valence-corrected chi connectivity index (χ1v) is 10.5. The number of fused-ring (bicyclic) bond motifs is 1. The van der Waals surface area contributed by atoms with Gasteiger partial charge in [-0.2, -0.15) is 4.31 Å². The summed E-state index contributed by atoms with van der Waals surface area (Å²) >= 11 is 18.3. The van der Waals surface area contributed by atoms with E-state index in [2.05, 4.69) is 5.32 Å². The average molecular weight is 450 g/mol. The van der Waals surface area contributed by atoms with Gasteiger partial charge in [0.05, 0.1) is 17.3 Å². The van der Waals surface area contributed by atoms with E-state index in [9.17, 15) is 13.2 Å². The number of hydrogen-bond acceptors (Lipinski definition) is 5. The fourth-order valence-electron chi connectivity index (χ4n) is 2.77. The molecule has 0 aromatic heterocycles. The second kappa shape index (κ2) is 7.85. The molecule has 6 nitrogen and oxygen atoms in total. The molecule has 2 aromatic rings. The van der Waals surface area contributed by atoms with Crippen LogP contribution in [0.25, 0.3) is 0 Å². The minimum absolute atomic E-state index is 0.0449. The molecule has 27 heavy (non-hydrogen) atoms. The number of nitrogens with zero attached hydrogens (tertiary/aromatic N) is 1. The molecule has 0 spiro atoms. The Morgan fingerprint density at radius 1 is 1.19 bits per heavy atom. The highest BCUT2D eigenvalue weighted by atomic mass is 35.5. The average Bonchev–Trinajstić information content (AvgIpc) is 2.58. The first-order chi connectivity index (χ1) is 12.8. The highest BCUT2D eigenvalue weighted by molar-refractivity contribution is 7.89. The minimum atomic E-state index is -4.14. The van der Waals surface area contributed by atoms with Gasteiger partial charge in [0.2, 0.25) is 10.0 Å². The van der Waals surface area contributed by atoms with E-state index in [0.29, 0.717) is 10.6 Å². The molecule has 0 saturated heterocycles. The minimum Gasteiger partial charge on any atom is -0.463 e. The molecule has 1 aliphatic heterocycles. The number of esters is 1. The van der Waals surface area contributed by atoms with Crippen LogP contribution in [-0.4, -0.2) is 31.5 Å². The number of sulfonamides is 1. The summed E-state index contributed by atoms with van der Waals surface area (Å²) in [5.41, 5.74) is 0.674. The maximum absolute atomic E-state index is 13.3. The Labute approximate surface area is 172 Å². The van der Waals surface area contributed by atoms with E-state index in [0.717, 1.165) is 4.31 Å². The fraction of sp³-hybridized carbons (Fsp3) is 0.235. The molecule has 1 N–H and O–H groups in total. The Morgan fingerprint density at radius 3 is 2.56 bits per heavy atom. The summed E-state index contributed by atoms with van der Waals surface area (Å²) < 4.78 is 32.6. The molecule has 3 rings (SSSR count). The number of ether oxygens (including phenoxy) is 1. The van der Waals surface area contributed by atoms with Gasteiger partial charge < -0.3 is 10.1 Å². The molecule has 1 atom stereocenters. The van der Waals surface area contributed by atoms with E-state index in [1.54, 1.807) is 31.2 Å². The number of carbonyl (C=O) groups is 1. The quantitative estimate of drug-likeness (QED) is 0.710. The maximum atomic E-state index is 13.3. The number of halogens is 3. The van der Waals surface area contributed by atoms with Gasteiger partial charge in [0.1, 0.15) is 4.90 Å². The molecule has 144 valence electrons. The number of nitrogens with one attached hydrogen (secondary N) is 1. The SMILES string of the molecule is CCOC(=O)C1Nc2cc(Cl)cc(Cl)c2S(=O)(=O)N1Cc1ccccc1Cl. The Kier molecular flexibility index (Phi) is 5.88. The summed E-state index contributed by atoms with van der Waals surface area (Å²) in [5.74, 6) is -0.741. The zero-order valence-electron chi connectivity index (χ0n) is 14.1. The maximum Gasteiger partial charge on any atom is 0.345 e. The van der Waals surface area contributed by atoms with Crippen molar-refractivity contribution in [1.82, 2.24) is 4.31 Å². The second-order valence-electron chi connectivity index (χ2n) is 5.70. The van der Waals surface area contributed by atoms with Crippen molar-refractivity contribution in [2.45, 2.75) is 24.5 Å². The molecule has 0 aliphatic carbocycles. The van der Waals surface area contributed by atoms with E-state index < -0.39 is 22.2 Å².